The second-order valence-electron chi connectivity index (χ2n) is 6.84. The van der Waals surface area contributed by atoms with E-state index in [0.717, 1.165) is 24.3 Å². The Morgan fingerprint density at radius 2 is 1.85 bits per heavy atom. The van der Waals surface area contributed by atoms with Gasteiger partial charge in [0.15, 0.2) is 0 Å². The first-order chi connectivity index (χ1) is 12.6. The van der Waals surface area contributed by atoms with Gasteiger partial charge in [0.05, 0.1) is 19.6 Å². The Hall–Kier alpha value is -2.08. The summed E-state index contributed by atoms with van der Waals surface area (Å²) in [7, 11) is 1.61. The molecule has 6 nitrogen and oxygen atoms in total. The highest BCUT2D eigenvalue weighted by atomic mass is 16.5. The first-order valence-electron chi connectivity index (χ1n) is 9.48. The SMILES string of the molecule is COc1ccc(C(CC(=O)NCCCN2CCCCC2)NC(C)=O)cc1. The fraction of sp³-hybridized carbons (Fsp3) is 0.600. The van der Waals surface area contributed by atoms with Crippen LogP contribution >= 0.6 is 0 Å². The summed E-state index contributed by atoms with van der Waals surface area (Å²) in [6, 6.07) is 7.09. The lowest BCUT2D eigenvalue weighted by atomic mass is 10.0. The lowest BCUT2D eigenvalue weighted by Gasteiger charge is -2.26. The molecule has 0 radical (unpaired) electrons. The van der Waals surface area contributed by atoms with Gasteiger partial charge in [0.2, 0.25) is 11.8 Å². The van der Waals surface area contributed by atoms with E-state index in [0.29, 0.717) is 6.54 Å². The van der Waals surface area contributed by atoms with Crippen LogP contribution in [0.15, 0.2) is 24.3 Å². The Morgan fingerprint density at radius 1 is 1.15 bits per heavy atom. The number of benzene rings is 1. The average molecular weight is 361 g/mol. The molecule has 1 heterocycles. The maximum absolute atomic E-state index is 12.3. The Labute approximate surface area is 156 Å². The van der Waals surface area contributed by atoms with Crippen LogP contribution in [0.1, 0.15) is 50.6 Å². The maximum Gasteiger partial charge on any atom is 0.222 e. The third kappa shape index (κ3) is 7.04. The largest absolute Gasteiger partial charge is 0.497 e. The molecule has 2 rings (SSSR count). The third-order valence-corrected chi connectivity index (χ3v) is 4.71. The second kappa shape index (κ2) is 10.8. The summed E-state index contributed by atoms with van der Waals surface area (Å²) >= 11 is 0. The Balaban J connectivity index is 1.78. The minimum absolute atomic E-state index is 0.0433. The summed E-state index contributed by atoms with van der Waals surface area (Å²) in [5.41, 5.74) is 0.893. The molecule has 1 fully saturated rings. The number of carbonyl (C=O) groups excluding carboxylic acids is 2. The smallest absolute Gasteiger partial charge is 0.222 e. The number of nitrogens with zero attached hydrogens (tertiary/aromatic N) is 1. The number of methoxy groups -OCH3 is 1. The van der Waals surface area contributed by atoms with Crippen molar-refractivity contribution >= 4 is 11.8 Å². The molecule has 1 aromatic rings. The number of rotatable bonds is 9. The molecule has 1 aliphatic heterocycles. The van der Waals surface area contributed by atoms with Gasteiger partial charge >= 0.3 is 0 Å². The van der Waals surface area contributed by atoms with E-state index >= 15 is 0 Å². The van der Waals surface area contributed by atoms with Crippen molar-refractivity contribution in [1.82, 2.24) is 15.5 Å². The van der Waals surface area contributed by atoms with Gasteiger partial charge in [0, 0.05) is 13.5 Å². The zero-order valence-corrected chi connectivity index (χ0v) is 15.9. The summed E-state index contributed by atoms with van der Waals surface area (Å²) in [5, 5.41) is 5.83. The molecule has 0 saturated carbocycles. The molecule has 6 heteroatoms. The van der Waals surface area contributed by atoms with Crippen LogP contribution in [0.2, 0.25) is 0 Å². The van der Waals surface area contributed by atoms with E-state index < -0.39 is 0 Å². The molecule has 1 atom stereocenters. The van der Waals surface area contributed by atoms with Crippen LogP contribution < -0.4 is 15.4 Å². The van der Waals surface area contributed by atoms with Crippen molar-refractivity contribution in [3.63, 3.8) is 0 Å². The molecule has 1 unspecified atom stereocenters. The molecule has 2 N–H and O–H groups in total. The highest BCUT2D eigenvalue weighted by Gasteiger charge is 2.17. The fourth-order valence-electron chi connectivity index (χ4n) is 3.30. The van der Waals surface area contributed by atoms with E-state index in [1.807, 2.05) is 24.3 Å². The minimum atomic E-state index is -0.333. The van der Waals surface area contributed by atoms with Crippen molar-refractivity contribution in [2.24, 2.45) is 0 Å². The van der Waals surface area contributed by atoms with Gasteiger partial charge in [0.1, 0.15) is 5.75 Å². The third-order valence-electron chi connectivity index (χ3n) is 4.71. The highest BCUT2D eigenvalue weighted by Crippen LogP contribution is 2.20. The molecule has 144 valence electrons. The molecule has 0 aromatic heterocycles. The Morgan fingerprint density at radius 3 is 2.46 bits per heavy atom. The van der Waals surface area contributed by atoms with Gasteiger partial charge in [-0.1, -0.05) is 18.6 Å². The van der Waals surface area contributed by atoms with E-state index in [1.54, 1.807) is 7.11 Å². The molecular weight excluding hydrogens is 330 g/mol. The Bertz CT molecular complexity index is 568. The van der Waals surface area contributed by atoms with Gasteiger partial charge in [-0.2, -0.15) is 0 Å². The number of hydrogen-bond acceptors (Lipinski definition) is 4. The van der Waals surface area contributed by atoms with Crippen molar-refractivity contribution in [3.8, 4) is 5.75 Å². The van der Waals surface area contributed by atoms with Crippen molar-refractivity contribution < 1.29 is 14.3 Å². The van der Waals surface area contributed by atoms with Gasteiger partial charge in [0.25, 0.3) is 0 Å². The molecular formula is C20H31N3O3. The normalized spacial score (nSPS) is 15.9. The Kier molecular flexibility index (Phi) is 8.41. The first-order valence-corrected chi connectivity index (χ1v) is 9.48. The van der Waals surface area contributed by atoms with E-state index in [2.05, 4.69) is 15.5 Å². The van der Waals surface area contributed by atoms with Crippen molar-refractivity contribution in [2.75, 3.05) is 33.3 Å². The van der Waals surface area contributed by atoms with Crippen molar-refractivity contribution in [3.05, 3.63) is 29.8 Å². The maximum atomic E-state index is 12.3. The summed E-state index contributed by atoms with van der Waals surface area (Å²) in [5.74, 6) is 0.555. The molecule has 1 aromatic carbocycles. The molecule has 0 spiro atoms. The number of likely N-dealkylation sites (tertiary alicyclic amines) is 1. The van der Waals surface area contributed by atoms with E-state index in [-0.39, 0.29) is 24.3 Å². The number of hydrogen-bond donors (Lipinski definition) is 2. The predicted molar refractivity (Wildman–Crippen MR) is 102 cm³/mol. The summed E-state index contributed by atoms with van der Waals surface area (Å²) in [6.07, 6.45) is 5.09. The van der Waals surface area contributed by atoms with E-state index in [1.165, 1.54) is 39.3 Å². The second-order valence-corrected chi connectivity index (χ2v) is 6.84. The van der Waals surface area contributed by atoms with Gasteiger partial charge in [-0.25, -0.2) is 0 Å². The van der Waals surface area contributed by atoms with E-state index in [4.69, 9.17) is 4.74 Å². The standard InChI is InChI=1S/C20H31N3O3/c1-16(24)22-19(17-7-9-18(26-2)10-8-17)15-20(25)21-11-6-14-23-12-4-3-5-13-23/h7-10,19H,3-6,11-15H2,1-2H3,(H,21,25)(H,22,24). The number of ether oxygens (including phenoxy) is 1. The zero-order valence-electron chi connectivity index (χ0n) is 15.9. The zero-order chi connectivity index (χ0) is 18.8. The van der Waals surface area contributed by atoms with Crippen LogP contribution in [0.4, 0.5) is 0 Å². The monoisotopic (exact) mass is 361 g/mol. The molecule has 2 amide bonds. The number of carbonyl (C=O) groups is 2. The highest BCUT2D eigenvalue weighted by molar-refractivity contribution is 5.79. The molecule has 0 aliphatic carbocycles. The predicted octanol–water partition coefficient (Wildman–Crippen LogP) is 2.25. The van der Waals surface area contributed by atoms with Crippen LogP contribution in [-0.4, -0.2) is 50.0 Å². The summed E-state index contributed by atoms with van der Waals surface area (Å²) in [6.45, 7) is 5.53. The van der Waals surface area contributed by atoms with Crippen LogP contribution in [0.3, 0.4) is 0 Å². The minimum Gasteiger partial charge on any atom is -0.497 e. The van der Waals surface area contributed by atoms with Gasteiger partial charge in [-0.05, 0) is 56.6 Å². The van der Waals surface area contributed by atoms with Crippen LogP contribution in [0.25, 0.3) is 0 Å². The average Bonchev–Trinajstić information content (AvgIpc) is 2.65. The van der Waals surface area contributed by atoms with Crippen molar-refractivity contribution in [1.29, 1.82) is 0 Å². The fourth-order valence-corrected chi connectivity index (χ4v) is 3.30. The summed E-state index contributed by atoms with van der Waals surface area (Å²) in [4.78, 5) is 26.2. The lowest BCUT2D eigenvalue weighted by molar-refractivity contribution is -0.122. The lowest BCUT2D eigenvalue weighted by Crippen LogP contribution is -2.35. The number of nitrogens with one attached hydrogen (secondary N) is 2. The van der Waals surface area contributed by atoms with Gasteiger partial charge in [-0.3, -0.25) is 9.59 Å². The first kappa shape index (κ1) is 20.2. The molecule has 1 aliphatic rings. The van der Waals surface area contributed by atoms with E-state index in [9.17, 15) is 9.59 Å². The number of amides is 2. The van der Waals surface area contributed by atoms with Crippen LogP contribution in [0, 0.1) is 0 Å². The van der Waals surface area contributed by atoms with Crippen LogP contribution in [0.5, 0.6) is 5.75 Å². The summed E-state index contributed by atoms with van der Waals surface area (Å²) < 4.78 is 5.16. The van der Waals surface area contributed by atoms with Gasteiger partial charge < -0.3 is 20.3 Å². The van der Waals surface area contributed by atoms with Crippen molar-refractivity contribution in [2.45, 2.75) is 45.1 Å². The topological polar surface area (TPSA) is 70.7 Å². The van der Waals surface area contributed by atoms with Gasteiger partial charge in [-0.15, -0.1) is 0 Å². The quantitative estimate of drug-likeness (QED) is 0.662. The molecule has 26 heavy (non-hydrogen) atoms. The number of piperidine rings is 1. The molecule has 1 saturated heterocycles. The van der Waals surface area contributed by atoms with Crippen LogP contribution in [-0.2, 0) is 9.59 Å². The molecule has 0 bridgehead atoms.